The van der Waals surface area contributed by atoms with Crippen LogP contribution < -0.4 is 0 Å². The zero-order valence-corrected chi connectivity index (χ0v) is 14.1. The number of carbonyl (C=O) groups excluding carboxylic acids is 2. The van der Waals surface area contributed by atoms with Crippen LogP contribution in [0.3, 0.4) is 0 Å². The third kappa shape index (κ3) is 3.97. The highest BCUT2D eigenvalue weighted by molar-refractivity contribution is 5.95. The van der Waals surface area contributed by atoms with Crippen molar-refractivity contribution in [2.24, 2.45) is 5.16 Å². The molecule has 6 nitrogen and oxygen atoms in total. The van der Waals surface area contributed by atoms with Crippen LogP contribution in [0.25, 0.3) is 0 Å². The van der Waals surface area contributed by atoms with Gasteiger partial charge in [-0.05, 0) is 37.0 Å². The molecule has 25 heavy (non-hydrogen) atoms. The molecule has 0 aliphatic carbocycles. The van der Waals surface area contributed by atoms with E-state index in [1.54, 1.807) is 17.0 Å². The Morgan fingerprint density at radius 1 is 1.32 bits per heavy atom. The number of piperidine rings is 1. The molecular weight excluding hydrogens is 327 g/mol. The number of amides is 1. The Balaban J connectivity index is 1.60. The van der Waals surface area contributed by atoms with E-state index < -0.39 is 18.1 Å². The van der Waals surface area contributed by atoms with E-state index in [1.807, 2.05) is 0 Å². The molecule has 1 aromatic rings. The van der Waals surface area contributed by atoms with Crippen LogP contribution in [-0.2, 0) is 25.6 Å². The van der Waals surface area contributed by atoms with Crippen molar-refractivity contribution in [1.82, 2.24) is 4.90 Å². The SMILES string of the molecule is COC(=O)[C@H]1CCCCN1C(=O)[C@@H]1CC(Cc2ccc(F)cc2)=NO1. The van der Waals surface area contributed by atoms with Crippen molar-refractivity contribution >= 4 is 17.6 Å². The summed E-state index contributed by atoms with van der Waals surface area (Å²) in [5.41, 5.74) is 1.64. The van der Waals surface area contributed by atoms with E-state index in [4.69, 9.17) is 9.57 Å². The van der Waals surface area contributed by atoms with Gasteiger partial charge in [-0.15, -0.1) is 0 Å². The number of hydrogen-bond donors (Lipinski definition) is 0. The lowest BCUT2D eigenvalue weighted by Crippen LogP contribution is -2.51. The number of oxime groups is 1. The first-order valence-corrected chi connectivity index (χ1v) is 8.43. The standard InChI is InChI=1S/C18H21FN2O4/c1-24-18(23)15-4-2-3-9-21(15)17(22)16-11-14(20-25-16)10-12-5-7-13(19)8-6-12/h5-8,15-16H,2-4,9-11H2,1H3/t15-,16+/m1/s1. The van der Waals surface area contributed by atoms with Gasteiger partial charge >= 0.3 is 5.97 Å². The van der Waals surface area contributed by atoms with Crippen molar-refractivity contribution in [2.45, 2.75) is 44.2 Å². The van der Waals surface area contributed by atoms with Gasteiger partial charge in [0, 0.05) is 19.4 Å². The number of halogens is 1. The van der Waals surface area contributed by atoms with Gasteiger partial charge in [-0.2, -0.15) is 0 Å². The van der Waals surface area contributed by atoms with E-state index in [0.29, 0.717) is 25.8 Å². The molecular formula is C18H21FN2O4. The van der Waals surface area contributed by atoms with E-state index >= 15 is 0 Å². The first kappa shape index (κ1) is 17.4. The van der Waals surface area contributed by atoms with Crippen LogP contribution in [0.5, 0.6) is 0 Å². The van der Waals surface area contributed by atoms with Crippen LogP contribution in [0, 0.1) is 5.82 Å². The molecule has 134 valence electrons. The molecule has 2 atom stereocenters. The van der Waals surface area contributed by atoms with Crippen molar-refractivity contribution in [2.75, 3.05) is 13.7 Å². The van der Waals surface area contributed by atoms with Gasteiger partial charge in [-0.3, -0.25) is 4.79 Å². The molecule has 0 saturated carbocycles. The number of nitrogens with zero attached hydrogens (tertiary/aromatic N) is 2. The van der Waals surface area contributed by atoms with E-state index in [9.17, 15) is 14.0 Å². The maximum Gasteiger partial charge on any atom is 0.328 e. The van der Waals surface area contributed by atoms with Crippen LogP contribution in [-0.4, -0.2) is 48.3 Å². The fourth-order valence-electron chi connectivity index (χ4n) is 3.26. The van der Waals surface area contributed by atoms with Gasteiger partial charge in [0.2, 0.25) is 6.10 Å². The summed E-state index contributed by atoms with van der Waals surface area (Å²) in [4.78, 5) is 31.5. The Labute approximate surface area is 145 Å². The minimum atomic E-state index is -0.708. The van der Waals surface area contributed by atoms with Crippen LogP contribution in [0.1, 0.15) is 31.2 Å². The maximum atomic E-state index is 13.0. The van der Waals surface area contributed by atoms with Crippen molar-refractivity contribution < 1.29 is 23.6 Å². The van der Waals surface area contributed by atoms with Crippen LogP contribution in [0.4, 0.5) is 4.39 Å². The van der Waals surface area contributed by atoms with E-state index in [2.05, 4.69) is 5.16 Å². The predicted octanol–water partition coefficient (Wildman–Crippen LogP) is 2.07. The second-order valence-corrected chi connectivity index (χ2v) is 6.33. The van der Waals surface area contributed by atoms with E-state index in [-0.39, 0.29) is 11.7 Å². The number of carbonyl (C=O) groups is 2. The lowest BCUT2D eigenvalue weighted by molar-refractivity contribution is -0.159. The molecule has 0 unspecified atom stereocenters. The molecule has 1 fully saturated rings. The highest BCUT2D eigenvalue weighted by Gasteiger charge is 2.39. The van der Waals surface area contributed by atoms with Crippen molar-refractivity contribution in [3.8, 4) is 0 Å². The lowest BCUT2D eigenvalue weighted by atomic mass is 9.99. The molecule has 0 spiro atoms. The van der Waals surface area contributed by atoms with Crippen molar-refractivity contribution in [3.63, 3.8) is 0 Å². The fourth-order valence-corrected chi connectivity index (χ4v) is 3.26. The molecule has 2 aliphatic rings. The highest BCUT2D eigenvalue weighted by Crippen LogP contribution is 2.23. The summed E-state index contributed by atoms with van der Waals surface area (Å²) in [7, 11) is 1.33. The molecule has 7 heteroatoms. The van der Waals surface area contributed by atoms with Gasteiger partial charge in [-0.1, -0.05) is 17.3 Å². The average Bonchev–Trinajstić information content (AvgIpc) is 3.11. The van der Waals surface area contributed by atoms with E-state index in [1.165, 1.54) is 19.2 Å². The van der Waals surface area contributed by atoms with Crippen LogP contribution in [0.2, 0.25) is 0 Å². The van der Waals surface area contributed by atoms with Gasteiger partial charge in [0.05, 0.1) is 12.8 Å². The maximum absolute atomic E-state index is 13.0. The second-order valence-electron chi connectivity index (χ2n) is 6.33. The third-order valence-corrected chi connectivity index (χ3v) is 4.59. The summed E-state index contributed by atoms with van der Waals surface area (Å²) >= 11 is 0. The molecule has 1 amide bonds. The minimum Gasteiger partial charge on any atom is -0.467 e. The Bertz CT molecular complexity index is 674. The fraction of sp³-hybridized carbons (Fsp3) is 0.500. The zero-order chi connectivity index (χ0) is 17.8. The molecule has 0 radical (unpaired) electrons. The van der Waals surface area contributed by atoms with E-state index in [0.717, 1.165) is 24.1 Å². The second kappa shape index (κ2) is 7.63. The Morgan fingerprint density at radius 3 is 2.80 bits per heavy atom. The number of benzene rings is 1. The number of rotatable bonds is 4. The Kier molecular flexibility index (Phi) is 5.31. The van der Waals surface area contributed by atoms with Crippen molar-refractivity contribution in [1.29, 1.82) is 0 Å². The summed E-state index contributed by atoms with van der Waals surface area (Å²) in [6, 6.07) is 5.61. The Morgan fingerprint density at radius 2 is 2.08 bits per heavy atom. The Hall–Kier alpha value is -2.44. The average molecular weight is 348 g/mol. The van der Waals surface area contributed by atoms with Crippen LogP contribution in [0.15, 0.2) is 29.4 Å². The van der Waals surface area contributed by atoms with Gasteiger partial charge in [-0.25, -0.2) is 9.18 Å². The van der Waals surface area contributed by atoms with Crippen molar-refractivity contribution in [3.05, 3.63) is 35.6 Å². The smallest absolute Gasteiger partial charge is 0.328 e. The minimum absolute atomic E-state index is 0.229. The predicted molar refractivity (Wildman–Crippen MR) is 88.4 cm³/mol. The summed E-state index contributed by atoms with van der Waals surface area (Å²) < 4.78 is 17.8. The van der Waals surface area contributed by atoms with Gasteiger partial charge < -0.3 is 14.5 Å². The largest absolute Gasteiger partial charge is 0.467 e. The normalized spacial score (nSPS) is 23.0. The number of esters is 1. The molecule has 3 rings (SSSR count). The summed E-state index contributed by atoms with van der Waals surface area (Å²) in [6.45, 7) is 0.520. The number of ether oxygens (including phenoxy) is 1. The lowest BCUT2D eigenvalue weighted by Gasteiger charge is -2.34. The quantitative estimate of drug-likeness (QED) is 0.781. The summed E-state index contributed by atoms with van der Waals surface area (Å²) in [5.74, 6) is -0.910. The molecule has 1 aromatic carbocycles. The number of hydrogen-bond acceptors (Lipinski definition) is 5. The van der Waals surface area contributed by atoms with Crippen LogP contribution >= 0.6 is 0 Å². The monoisotopic (exact) mass is 348 g/mol. The van der Waals surface area contributed by atoms with Gasteiger partial charge in [0.15, 0.2) is 0 Å². The topological polar surface area (TPSA) is 68.2 Å². The van der Waals surface area contributed by atoms with Gasteiger partial charge in [0.25, 0.3) is 5.91 Å². The first-order valence-electron chi connectivity index (χ1n) is 8.43. The molecule has 0 aromatic heterocycles. The number of likely N-dealkylation sites (tertiary alicyclic amines) is 1. The zero-order valence-electron chi connectivity index (χ0n) is 14.1. The molecule has 2 aliphatic heterocycles. The molecule has 0 N–H and O–H groups in total. The molecule has 0 bridgehead atoms. The molecule has 1 saturated heterocycles. The highest BCUT2D eigenvalue weighted by atomic mass is 19.1. The third-order valence-electron chi connectivity index (χ3n) is 4.59. The first-order chi connectivity index (χ1) is 12.1. The molecule has 2 heterocycles. The van der Waals surface area contributed by atoms with Gasteiger partial charge in [0.1, 0.15) is 11.9 Å². The summed E-state index contributed by atoms with van der Waals surface area (Å²) in [5, 5.41) is 4.00. The number of methoxy groups -OCH3 is 1. The summed E-state index contributed by atoms with van der Waals surface area (Å²) in [6.07, 6.45) is 2.52.